The van der Waals surface area contributed by atoms with Crippen molar-refractivity contribution >= 4 is 23.2 Å². The summed E-state index contributed by atoms with van der Waals surface area (Å²) in [6.07, 6.45) is 5.90. The van der Waals surface area contributed by atoms with Crippen molar-refractivity contribution in [1.29, 1.82) is 0 Å². The molecule has 1 aromatic heterocycles. The number of ether oxygens (including phenoxy) is 1. The van der Waals surface area contributed by atoms with Crippen molar-refractivity contribution in [1.82, 2.24) is 5.16 Å². The molecule has 0 N–H and O–H groups in total. The second-order valence-electron chi connectivity index (χ2n) is 5.50. The Labute approximate surface area is 145 Å². The van der Waals surface area contributed by atoms with Crippen molar-refractivity contribution in [2.24, 2.45) is 0 Å². The van der Waals surface area contributed by atoms with Gasteiger partial charge in [-0.05, 0) is 38.0 Å². The van der Waals surface area contributed by atoms with Gasteiger partial charge in [-0.15, -0.1) is 0 Å². The smallest absolute Gasteiger partial charge is 0.147 e. The van der Waals surface area contributed by atoms with Crippen LogP contribution in [0, 0.1) is 0 Å². The predicted octanol–water partition coefficient (Wildman–Crippen LogP) is 6.13. The highest BCUT2D eigenvalue weighted by atomic mass is 35.5. The molecular weight excluding hydrogens is 333 g/mol. The molecule has 3 nitrogen and oxygen atoms in total. The number of aromatic nitrogens is 1. The Balaban J connectivity index is 1.99. The Morgan fingerprint density at radius 3 is 2.70 bits per heavy atom. The Kier molecular flexibility index (Phi) is 4.79. The molecule has 1 aliphatic rings. The molecule has 120 valence electrons. The lowest BCUT2D eigenvalue weighted by atomic mass is 10.0. The van der Waals surface area contributed by atoms with E-state index in [2.05, 4.69) is 11.7 Å². The summed E-state index contributed by atoms with van der Waals surface area (Å²) in [7, 11) is 0. The largest absolute Gasteiger partial charge is 0.489 e. The third kappa shape index (κ3) is 3.46. The van der Waals surface area contributed by atoms with Crippen molar-refractivity contribution in [2.45, 2.75) is 32.3 Å². The molecule has 23 heavy (non-hydrogen) atoms. The fourth-order valence-corrected chi connectivity index (χ4v) is 3.02. The van der Waals surface area contributed by atoms with Gasteiger partial charge < -0.3 is 9.26 Å². The standard InChI is InChI=1S/C18H17Cl2NO2/c1-3-5-11(2)22-10-13-17(21-23-18(13)12-8-9-12)16-14(19)6-4-7-15(16)20/h3-7,12H,2,8-10H2,1H3/b5-3-. The minimum absolute atomic E-state index is 0.329. The number of hydrogen-bond acceptors (Lipinski definition) is 3. The highest BCUT2D eigenvalue weighted by Crippen LogP contribution is 2.46. The molecule has 3 rings (SSSR count). The molecule has 1 saturated carbocycles. The fourth-order valence-electron chi connectivity index (χ4n) is 2.45. The van der Waals surface area contributed by atoms with E-state index in [1.807, 2.05) is 19.1 Å². The van der Waals surface area contributed by atoms with Gasteiger partial charge in [-0.1, -0.05) is 47.1 Å². The van der Waals surface area contributed by atoms with E-state index in [4.69, 9.17) is 32.5 Å². The van der Waals surface area contributed by atoms with Crippen molar-refractivity contribution < 1.29 is 9.26 Å². The maximum atomic E-state index is 6.32. The van der Waals surface area contributed by atoms with Gasteiger partial charge in [0.05, 0.1) is 15.6 Å². The number of hydrogen-bond donors (Lipinski definition) is 0. The van der Waals surface area contributed by atoms with Gasteiger partial charge in [0.1, 0.15) is 23.8 Å². The summed E-state index contributed by atoms with van der Waals surface area (Å²) >= 11 is 12.6. The highest BCUT2D eigenvalue weighted by Gasteiger charge is 2.33. The van der Waals surface area contributed by atoms with Crippen LogP contribution in [0.2, 0.25) is 10.0 Å². The molecule has 1 aliphatic carbocycles. The second kappa shape index (κ2) is 6.81. The summed E-state index contributed by atoms with van der Waals surface area (Å²) in [6, 6.07) is 5.38. The van der Waals surface area contributed by atoms with Gasteiger partial charge in [0.2, 0.25) is 0 Å². The van der Waals surface area contributed by atoms with E-state index < -0.39 is 0 Å². The summed E-state index contributed by atoms with van der Waals surface area (Å²) in [5.74, 6) is 1.86. The molecule has 0 radical (unpaired) electrons. The third-order valence-electron chi connectivity index (χ3n) is 3.72. The fraction of sp³-hybridized carbons (Fsp3) is 0.278. The predicted molar refractivity (Wildman–Crippen MR) is 92.7 cm³/mol. The number of rotatable bonds is 6. The molecule has 5 heteroatoms. The molecule has 2 aromatic rings. The van der Waals surface area contributed by atoms with Crippen LogP contribution in [0.25, 0.3) is 11.3 Å². The van der Waals surface area contributed by atoms with Gasteiger partial charge in [-0.25, -0.2) is 0 Å². The van der Waals surface area contributed by atoms with E-state index in [-0.39, 0.29) is 0 Å². The molecule has 0 saturated heterocycles. The van der Waals surface area contributed by atoms with E-state index in [9.17, 15) is 0 Å². The Morgan fingerprint density at radius 2 is 2.09 bits per heavy atom. The second-order valence-corrected chi connectivity index (χ2v) is 6.31. The number of nitrogens with zero attached hydrogens (tertiary/aromatic N) is 1. The minimum Gasteiger partial charge on any atom is -0.489 e. The molecule has 0 atom stereocenters. The van der Waals surface area contributed by atoms with Gasteiger partial charge in [0.25, 0.3) is 0 Å². The van der Waals surface area contributed by atoms with Crippen molar-refractivity contribution in [2.75, 3.05) is 0 Å². The number of benzene rings is 1. The summed E-state index contributed by atoms with van der Waals surface area (Å²) in [5, 5.41) is 5.31. The molecule has 1 fully saturated rings. The van der Waals surface area contributed by atoms with Crippen LogP contribution >= 0.6 is 23.2 Å². The zero-order chi connectivity index (χ0) is 16.4. The lowest BCUT2D eigenvalue weighted by Gasteiger charge is -2.09. The lowest BCUT2D eigenvalue weighted by molar-refractivity contribution is 0.210. The summed E-state index contributed by atoms with van der Waals surface area (Å²) in [6.45, 7) is 6.10. The van der Waals surface area contributed by atoms with Crippen LogP contribution in [0.3, 0.4) is 0 Å². The van der Waals surface area contributed by atoms with E-state index >= 15 is 0 Å². The topological polar surface area (TPSA) is 35.3 Å². The number of halogens is 2. The van der Waals surface area contributed by atoms with Crippen molar-refractivity contribution in [3.8, 4) is 11.3 Å². The van der Waals surface area contributed by atoms with Gasteiger partial charge in [0, 0.05) is 11.5 Å². The highest BCUT2D eigenvalue weighted by molar-refractivity contribution is 6.39. The van der Waals surface area contributed by atoms with Crippen molar-refractivity contribution in [3.05, 3.63) is 64.1 Å². The van der Waals surface area contributed by atoms with E-state index in [1.165, 1.54) is 0 Å². The first-order valence-corrected chi connectivity index (χ1v) is 8.24. The lowest BCUT2D eigenvalue weighted by Crippen LogP contribution is -1.96. The molecular formula is C18H17Cl2NO2. The first-order chi connectivity index (χ1) is 11.1. The first-order valence-electron chi connectivity index (χ1n) is 7.49. The Hall–Kier alpha value is -1.71. The average Bonchev–Trinajstić information content (AvgIpc) is 3.27. The van der Waals surface area contributed by atoms with Crippen LogP contribution in [-0.4, -0.2) is 5.16 Å². The summed E-state index contributed by atoms with van der Waals surface area (Å²) in [5.41, 5.74) is 2.23. The molecule has 1 heterocycles. The van der Waals surface area contributed by atoms with E-state index in [1.54, 1.807) is 18.2 Å². The SMILES string of the molecule is C=C(/C=C\C)OCc1c(-c2c(Cl)cccc2Cl)noc1C1CC1. The molecule has 0 spiro atoms. The molecule has 1 aromatic carbocycles. The maximum Gasteiger partial charge on any atom is 0.147 e. The van der Waals surface area contributed by atoms with Gasteiger partial charge in [-0.2, -0.15) is 0 Å². The quantitative estimate of drug-likeness (QED) is 0.464. The molecule has 0 aliphatic heterocycles. The number of allylic oxidation sites excluding steroid dienone is 2. The summed E-state index contributed by atoms with van der Waals surface area (Å²) < 4.78 is 11.3. The average molecular weight is 350 g/mol. The molecule has 0 amide bonds. The minimum atomic E-state index is 0.329. The molecule has 0 bridgehead atoms. The monoisotopic (exact) mass is 349 g/mol. The van der Waals surface area contributed by atoms with Gasteiger partial charge >= 0.3 is 0 Å². The Morgan fingerprint density at radius 1 is 1.39 bits per heavy atom. The first kappa shape index (κ1) is 16.2. The van der Waals surface area contributed by atoms with Crippen LogP contribution in [0.1, 0.15) is 37.0 Å². The van der Waals surface area contributed by atoms with Crippen molar-refractivity contribution in [3.63, 3.8) is 0 Å². The van der Waals surface area contributed by atoms with E-state index in [0.717, 1.165) is 24.2 Å². The van der Waals surface area contributed by atoms with Crippen LogP contribution in [-0.2, 0) is 11.3 Å². The zero-order valence-electron chi connectivity index (χ0n) is 12.8. The van der Waals surface area contributed by atoms with Crippen LogP contribution in [0.15, 0.2) is 47.2 Å². The summed E-state index contributed by atoms with van der Waals surface area (Å²) in [4.78, 5) is 0. The third-order valence-corrected chi connectivity index (χ3v) is 4.35. The normalized spacial score (nSPS) is 14.4. The van der Waals surface area contributed by atoms with Crippen LogP contribution < -0.4 is 0 Å². The zero-order valence-corrected chi connectivity index (χ0v) is 14.3. The molecule has 0 unspecified atom stereocenters. The van der Waals surface area contributed by atoms with E-state index in [0.29, 0.717) is 39.6 Å². The van der Waals surface area contributed by atoms with Gasteiger partial charge in [0.15, 0.2) is 0 Å². The van der Waals surface area contributed by atoms with Gasteiger partial charge in [-0.3, -0.25) is 0 Å². The maximum absolute atomic E-state index is 6.32. The van der Waals surface area contributed by atoms with Crippen LogP contribution in [0.5, 0.6) is 0 Å². The van der Waals surface area contributed by atoms with Crippen LogP contribution in [0.4, 0.5) is 0 Å². The Bertz CT molecular complexity index is 740.